The van der Waals surface area contributed by atoms with Crippen molar-refractivity contribution in [1.82, 2.24) is 0 Å². The van der Waals surface area contributed by atoms with Gasteiger partial charge in [0, 0.05) is 5.56 Å². The number of thiophene rings is 1. The number of benzene rings is 1. The minimum Gasteiger partial charge on any atom is -0.481 e. The highest BCUT2D eigenvalue weighted by Gasteiger charge is 2.29. The molecule has 1 N–H and O–H groups in total. The molecule has 0 aliphatic carbocycles. The van der Waals surface area contributed by atoms with Gasteiger partial charge in [0.25, 0.3) is 0 Å². The van der Waals surface area contributed by atoms with Crippen LogP contribution in [0, 0.1) is 0 Å². The minimum absolute atomic E-state index is 0.109. The normalized spacial score (nSPS) is 12.6. The molecule has 0 bridgehead atoms. The van der Waals surface area contributed by atoms with Gasteiger partial charge >= 0.3 is 11.9 Å². The van der Waals surface area contributed by atoms with Gasteiger partial charge in [-0.15, -0.1) is 0 Å². The van der Waals surface area contributed by atoms with Crippen LogP contribution in [-0.2, 0) is 26.8 Å². The molecule has 0 saturated heterocycles. The van der Waals surface area contributed by atoms with Gasteiger partial charge < -0.3 is 9.84 Å². The van der Waals surface area contributed by atoms with Crippen molar-refractivity contribution in [3.63, 3.8) is 0 Å². The standard InChI is InChI=1S/C26H38O4SSi/c1-25(2,3)19-17-21(30-23(29)12-11-22(27)28)20(26(4,5)6)16-18(19)13-15-32(7,8)24-10-9-14-31-24/h9-10,14,16-17H,11-13,15H2,1-8H3,(H,27,28). The monoisotopic (exact) mass is 474 g/mol. The van der Waals surface area contributed by atoms with Crippen molar-refractivity contribution in [3.8, 4) is 5.75 Å². The minimum atomic E-state index is -1.54. The molecule has 4 nitrogen and oxygen atoms in total. The summed E-state index contributed by atoms with van der Waals surface area (Å²) in [6.07, 6.45) is 0.627. The molecule has 1 aromatic heterocycles. The largest absolute Gasteiger partial charge is 0.481 e. The van der Waals surface area contributed by atoms with Crippen LogP contribution in [0.5, 0.6) is 5.75 Å². The van der Waals surface area contributed by atoms with Gasteiger partial charge in [0.1, 0.15) is 5.75 Å². The van der Waals surface area contributed by atoms with Crippen LogP contribution < -0.4 is 9.24 Å². The molecule has 2 aromatic rings. The molecule has 0 atom stereocenters. The van der Waals surface area contributed by atoms with Gasteiger partial charge in [-0.1, -0.05) is 72.8 Å². The number of hydrogen-bond donors (Lipinski definition) is 1. The van der Waals surface area contributed by atoms with Crippen molar-refractivity contribution in [2.75, 3.05) is 0 Å². The van der Waals surface area contributed by atoms with Gasteiger partial charge in [-0.05, 0) is 50.4 Å². The Morgan fingerprint density at radius 1 is 1.00 bits per heavy atom. The van der Waals surface area contributed by atoms with Crippen molar-refractivity contribution in [3.05, 3.63) is 46.3 Å². The van der Waals surface area contributed by atoms with E-state index in [4.69, 9.17) is 9.84 Å². The summed E-state index contributed by atoms with van der Waals surface area (Å²) in [5.41, 5.74) is 3.16. The Morgan fingerprint density at radius 2 is 1.62 bits per heavy atom. The zero-order chi connectivity index (χ0) is 24.3. The molecular weight excluding hydrogens is 436 g/mol. The van der Waals surface area contributed by atoms with Crippen molar-refractivity contribution in [2.24, 2.45) is 0 Å². The Kier molecular flexibility index (Phi) is 8.16. The van der Waals surface area contributed by atoms with Crippen LogP contribution in [0.1, 0.15) is 71.1 Å². The fraction of sp³-hybridized carbons (Fsp3) is 0.538. The molecule has 0 aliphatic heterocycles. The summed E-state index contributed by atoms with van der Waals surface area (Å²) >= 11 is 1.86. The first kappa shape index (κ1) is 26.3. The van der Waals surface area contributed by atoms with E-state index >= 15 is 0 Å². The lowest BCUT2D eigenvalue weighted by molar-refractivity contribution is -0.142. The number of ether oxygens (including phenoxy) is 1. The number of carboxylic acid groups (broad SMARTS) is 1. The Balaban J connectivity index is 2.45. The Bertz CT molecular complexity index is 947. The number of aryl methyl sites for hydroxylation is 1. The molecular formula is C26H38O4SSi. The van der Waals surface area contributed by atoms with Crippen molar-refractivity contribution in [1.29, 1.82) is 0 Å². The SMILES string of the molecule is CC(C)(C)c1cc(OC(=O)CCC(=O)O)c(C(C)(C)C)cc1CC[Si](C)(C)c1cccs1. The maximum Gasteiger partial charge on any atom is 0.311 e. The third kappa shape index (κ3) is 7.04. The molecule has 0 unspecified atom stereocenters. The second-order valence-corrected chi connectivity index (χ2v) is 17.4. The summed E-state index contributed by atoms with van der Waals surface area (Å²) in [5.74, 6) is -0.950. The van der Waals surface area contributed by atoms with Crippen LogP contribution in [0.2, 0.25) is 19.1 Å². The van der Waals surface area contributed by atoms with Crippen LogP contribution in [0.25, 0.3) is 0 Å². The highest BCUT2D eigenvalue weighted by Crippen LogP contribution is 2.39. The number of rotatable bonds is 8. The maximum absolute atomic E-state index is 12.4. The van der Waals surface area contributed by atoms with E-state index in [2.05, 4.69) is 78.2 Å². The first-order chi connectivity index (χ1) is 14.6. The predicted octanol–water partition coefficient (Wildman–Crippen LogP) is 6.27. The molecule has 0 aliphatic rings. The number of hydrogen-bond acceptors (Lipinski definition) is 4. The molecule has 176 valence electrons. The zero-order valence-electron chi connectivity index (χ0n) is 20.8. The fourth-order valence-electron chi connectivity index (χ4n) is 3.82. The number of carbonyl (C=O) groups excluding carboxylic acids is 1. The molecule has 2 rings (SSSR count). The smallest absolute Gasteiger partial charge is 0.311 e. The average molecular weight is 475 g/mol. The number of carbonyl (C=O) groups is 2. The number of esters is 1. The van der Waals surface area contributed by atoms with E-state index in [0.29, 0.717) is 5.75 Å². The van der Waals surface area contributed by atoms with Crippen LogP contribution in [0.3, 0.4) is 0 Å². The Labute approximate surface area is 198 Å². The first-order valence-electron chi connectivity index (χ1n) is 11.3. The highest BCUT2D eigenvalue weighted by molar-refractivity contribution is 7.25. The van der Waals surface area contributed by atoms with E-state index in [1.54, 1.807) is 0 Å². The predicted molar refractivity (Wildman–Crippen MR) is 136 cm³/mol. The molecule has 32 heavy (non-hydrogen) atoms. The van der Waals surface area contributed by atoms with E-state index in [-0.39, 0.29) is 23.7 Å². The number of carboxylic acids is 1. The van der Waals surface area contributed by atoms with Crippen LogP contribution in [0.15, 0.2) is 29.6 Å². The third-order valence-corrected chi connectivity index (χ3v) is 11.5. The van der Waals surface area contributed by atoms with E-state index < -0.39 is 20.0 Å². The van der Waals surface area contributed by atoms with Gasteiger partial charge in [0.2, 0.25) is 0 Å². The van der Waals surface area contributed by atoms with Gasteiger partial charge in [-0.3, -0.25) is 9.59 Å². The van der Waals surface area contributed by atoms with Crippen LogP contribution in [0.4, 0.5) is 0 Å². The molecule has 1 aromatic carbocycles. The van der Waals surface area contributed by atoms with E-state index in [1.807, 2.05) is 17.4 Å². The second kappa shape index (κ2) is 9.92. The van der Waals surface area contributed by atoms with Crippen LogP contribution in [-0.4, -0.2) is 25.1 Å². The van der Waals surface area contributed by atoms with E-state index in [9.17, 15) is 9.59 Å². The molecule has 0 fully saturated rings. The molecule has 0 saturated carbocycles. The summed E-state index contributed by atoms with van der Waals surface area (Å²) < 4.78 is 7.25. The lowest BCUT2D eigenvalue weighted by Gasteiger charge is -2.30. The average Bonchev–Trinajstić information content (AvgIpc) is 3.19. The first-order valence-corrected chi connectivity index (χ1v) is 15.3. The summed E-state index contributed by atoms with van der Waals surface area (Å²) in [6.45, 7) is 17.7. The molecule has 1 heterocycles. The highest BCUT2D eigenvalue weighted by atomic mass is 32.1. The van der Waals surface area contributed by atoms with Crippen molar-refractivity contribution >= 4 is 35.8 Å². The lowest BCUT2D eigenvalue weighted by Crippen LogP contribution is -2.39. The van der Waals surface area contributed by atoms with Gasteiger partial charge in [-0.25, -0.2) is 0 Å². The second-order valence-electron chi connectivity index (χ2n) is 11.2. The third-order valence-electron chi connectivity index (χ3n) is 5.80. The summed E-state index contributed by atoms with van der Waals surface area (Å²) in [5, 5.41) is 11.1. The van der Waals surface area contributed by atoms with E-state index in [1.165, 1.54) is 15.6 Å². The topological polar surface area (TPSA) is 63.6 Å². The van der Waals surface area contributed by atoms with E-state index in [0.717, 1.165) is 18.0 Å². The molecule has 0 spiro atoms. The van der Waals surface area contributed by atoms with Crippen molar-refractivity contribution in [2.45, 2.75) is 90.8 Å². The summed E-state index contributed by atoms with van der Waals surface area (Å²) in [4.78, 5) is 23.2. The van der Waals surface area contributed by atoms with Crippen LogP contribution >= 0.6 is 11.3 Å². The molecule has 0 radical (unpaired) electrons. The quantitative estimate of drug-likeness (QED) is 0.278. The summed E-state index contributed by atoms with van der Waals surface area (Å²) in [7, 11) is -1.54. The molecule has 6 heteroatoms. The lowest BCUT2D eigenvalue weighted by atomic mass is 9.78. The van der Waals surface area contributed by atoms with Gasteiger partial charge in [-0.2, -0.15) is 11.3 Å². The zero-order valence-corrected chi connectivity index (χ0v) is 22.6. The number of aliphatic carboxylic acids is 1. The Hall–Kier alpha value is -1.92. The van der Waals surface area contributed by atoms with Crippen molar-refractivity contribution < 1.29 is 19.4 Å². The maximum atomic E-state index is 12.4. The summed E-state index contributed by atoms with van der Waals surface area (Å²) in [6, 6.07) is 9.80. The van der Waals surface area contributed by atoms with Gasteiger partial charge in [0.15, 0.2) is 0 Å². The fourth-order valence-corrected chi connectivity index (χ4v) is 7.75. The molecule has 0 amide bonds. The Morgan fingerprint density at radius 3 is 2.12 bits per heavy atom. The van der Waals surface area contributed by atoms with Gasteiger partial charge in [0.05, 0.1) is 20.9 Å².